The molecule has 100 valence electrons. The van der Waals surface area contributed by atoms with Crippen molar-refractivity contribution in [1.82, 2.24) is 0 Å². The van der Waals surface area contributed by atoms with Gasteiger partial charge in [-0.25, -0.2) is 8.42 Å². The average molecular weight is 332 g/mol. The van der Waals surface area contributed by atoms with Crippen LogP contribution in [-0.2, 0) is 15.4 Å². The molecule has 5 heteroatoms. The molecule has 18 heavy (non-hydrogen) atoms. The number of rotatable bonds is 4. The molecule has 1 aromatic rings. The first-order valence-electron chi connectivity index (χ1n) is 6.28. The predicted octanol–water partition coefficient (Wildman–Crippen LogP) is 3.66. The topological polar surface area (TPSA) is 46.2 Å². The van der Waals surface area contributed by atoms with Gasteiger partial charge in [0.2, 0.25) is 10.0 Å². The molecule has 1 saturated carbocycles. The fraction of sp³-hybridized carbons (Fsp3) is 0.538. The molecule has 1 aromatic carbocycles. The van der Waals surface area contributed by atoms with Crippen molar-refractivity contribution < 1.29 is 8.42 Å². The van der Waals surface area contributed by atoms with Crippen molar-refractivity contribution in [3.63, 3.8) is 0 Å². The number of nitrogens with one attached hydrogen (secondary N) is 1. The van der Waals surface area contributed by atoms with E-state index in [9.17, 15) is 8.42 Å². The summed E-state index contributed by atoms with van der Waals surface area (Å²) in [6, 6.07) is 7.48. The van der Waals surface area contributed by atoms with E-state index in [2.05, 4.69) is 20.7 Å². The van der Waals surface area contributed by atoms with Gasteiger partial charge < -0.3 is 0 Å². The molecule has 1 aliphatic rings. The van der Waals surface area contributed by atoms with Crippen LogP contribution in [0.3, 0.4) is 0 Å². The van der Waals surface area contributed by atoms with E-state index < -0.39 is 10.0 Å². The van der Waals surface area contributed by atoms with Gasteiger partial charge in [0.1, 0.15) is 0 Å². The van der Waals surface area contributed by atoms with E-state index in [0.717, 1.165) is 43.0 Å². The van der Waals surface area contributed by atoms with Crippen LogP contribution in [0.25, 0.3) is 0 Å². The van der Waals surface area contributed by atoms with E-state index >= 15 is 0 Å². The molecule has 0 aliphatic heterocycles. The first-order chi connectivity index (χ1) is 8.62. The summed E-state index contributed by atoms with van der Waals surface area (Å²) in [7, 11) is -3.22. The number of hydrogen-bond acceptors (Lipinski definition) is 2. The van der Waals surface area contributed by atoms with E-state index in [1.54, 1.807) is 0 Å². The summed E-state index contributed by atoms with van der Waals surface area (Å²) < 4.78 is 27.1. The van der Waals surface area contributed by atoms with Crippen molar-refractivity contribution in [2.45, 2.75) is 42.7 Å². The Morgan fingerprint density at radius 3 is 2.28 bits per heavy atom. The largest absolute Gasteiger partial charge is 0.283 e. The van der Waals surface area contributed by atoms with Gasteiger partial charge in [-0.1, -0.05) is 47.3 Å². The maximum atomic E-state index is 12.2. The molecule has 0 saturated heterocycles. The molecular formula is C13H18BrNO2S. The van der Waals surface area contributed by atoms with Gasteiger partial charge in [0.15, 0.2) is 0 Å². The summed E-state index contributed by atoms with van der Waals surface area (Å²) >= 11 is 3.37. The first-order valence-corrected chi connectivity index (χ1v) is 8.95. The lowest BCUT2D eigenvalue weighted by Crippen LogP contribution is -2.29. The van der Waals surface area contributed by atoms with Gasteiger partial charge in [0, 0.05) is 11.0 Å². The number of sulfonamides is 1. The molecule has 1 N–H and O–H groups in total. The third-order valence-electron chi connectivity index (χ3n) is 3.36. The lowest BCUT2D eigenvalue weighted by molar-refractivity contribution is 0.486. The highest BCUT2D eigenvalue weighted by Crippen LogP contribution is 2.25. The zero-order chi connectivity index (χ0) is 13.0. The number of halogens is 1. The molecule has 0 amide bonds. The molecular weight excluding hydrogens is 314 g/mol. The summed E-state index contributed by atoms with van der Waals surface area (Å²) in [5.41, 5.74) is 1.79. The molecule has 1 fully saturated rings. The Labute approximate surface area is 117 Å². The van der Waals surface area contributed by atoms with Gasteiger partial charge >= 0.3 is 0 Å². The molecule has 1 aliphatic carbocycles. The van der Waals surface area contributed by atoms with Crippen LogP contribution in [0, 0.1) is 0 Å². The molecule has 0 aromatic heterocycles. The monoisotopic (exact) mass is 331 g/mol. The van der Waals surface area contributed by atoms with Crippen molar-refractivity contribution in [2.24, 2.45) is 0 Å². The van der Waals surface area contributed by atoms with Crippen LogP contribution >= 0.6 is 15.9 Å². The number of anilines is 1. The fourth-order valence-corrected chi connectivity index (χ4v) is 4.24. The Morgan fingerprint density at radius 1 is 1.11 bits per heavy atom. The van der Waals surface area contributed by atoms with Gasteiger partial charge in [0.05, 0.1) is 5.25 Å². The fourth-order valence-electron chi connectivity index (χ4n) is 2.28. The Hall–Kier alpha value is -0.550. The number of alkyl halides is 1. The van der Waals surface area contributed by atoms with Crippen LogP contribution < -0.4 is 4.72 Å². The lowest BCUT2D eigenvalue weighted by atomic mass is 10.0. The zero-order valence-electron chi connectivity index (χ0n) is 10.2. The Morgan fingerprint density at radius 2 is 1.72 bits per heavy atom. The molecule has 0 heterocycles. The van der Waals surface area contributed by atoms with E-state index in [1.807, 2.05) is 24.3 Å². The maximum Gasteiger partial charge on any atom is 0.235 e. The minimum atomic E-state index is -3.22. The molecule has 0 unspecified atom stereocenters. The third-order valence-corrected chi connectivity index (χ3v) is 5.88. The summed E-state index contributed by atoms with van der Waals surface area (Å²) in [6.45, 7) is 0. The van der Waals surface area contributed by atoms with E-state index in [4.69, 9.17) is 0 Å². The Bertz CT molecular complexity index is 478. The molecule has 2 rings (SSSR count). The lowest BCUT2D eigenvalue weighted by Gasteiger charge is -2.22. The zero-order valence-corrected chi connectivity index (χ0v) is 12.6. The van der Waals surface area contributed by atoms with Crippen molar-refractivity contribution in [1.29, 1.82) is 0 Å². The summed E-state index contributed by atoms with van der Waals surface area (Å²) in [5, 5.41) is 0.560. The minimum Gasteiger partial charge on any atom is -0.283 e. The van der Waals surface area contributed by atoms with E-state index in [-0.39, 0.29) is 5.25 Å². The van der Waals surface area contributed by atoms with Gasteiger partial charge in [-0.05, 0) is 30.5 Å². The SMILES string of the molecule is O=S(=O)(Nc1ccc(CBr)cc1)C1CCCCC1. The van der Waals surface area contributed by atoms with Gasteiger partial charge in [-0.15, -0.1) is 0 Å². The second kappa shape index (κ2) is 6.06. The second-order valence-corrected chi connectivity index (χ2v) is 7.26. The highest BCUT2D eigenvalue weighted by Gasteiger charge is 2.26. The van der Waals surface area contributed by atoms with Gasteiger partial charge in [0.25, 0.3) is 0 Å². The molecule has 0 bridgehead atoms. The molecule has 0 radical (unpaired) electrons. The number of benzene rings is 1. The van der Waals surface area contributed by atoms with Crippen LogP contribution in [0.4, 0.5) is 5.69 Å². The molecule has 0 atom stereocenters. The van der Waals surface area contributed by atoms with Crippen LogP contribution in [0.15, 0.2) is 24.3 Å². The molecule has 3 nitrogen and oxygen atoms in total. The van der Waals surface area contributed by atoms with E-state index in [0.29, 0.717) is 5.69 Å². The maximum absolute atomic E-state index is 12.2. The average Bonchev–Trinajstić information content (AvgIpc) is 2.40. The standard InChI is InChI=1S/C13H18BrNO2S/c14-10-11-6-8-12(9-7-11)15-18(16,17)13-4-2-1-3-5-13/h6-9,13,15H,1-5,10H2. The quantitative estimate of drug-likeness (QED) is 0.856. The van der Waals surface area contributed by atoms with Crippen LogP contribution in [0.1, 0.15) is 37.7 Å². The van der Waals surface area contributed by atoms with Crippen molar-refractivity contribution in [3.05, 3.63) is 29.8 Å². The van der Waals surface area contributed by atoms with Crippen LogP contribution in [0.2, 0.25) is 0 Å². The van der Waals surface area contributed by atoms with Crippen LogP contribution in [0.5, 0.6) is 0 Å². The normalized spacial score (nSPS) is 17.6. The smallest absolute Gasteiger partial charge is 0.235 e. The minimum absolute atomic E-state index is 0.220. The predicted molar refractivity (Wildman–Crippen MR) is 78.5 cm³/mol. The van der Waals surface area contributed by atoms with E-state index in [1.165, 1.54) is 0 Å². The van der Waals surface area contributed by atoms with Crippen molar-refractivity contribution in [2.75, 3.05) is 4.72 Å². The van der Waals surface area contributed by atoms with Crippen molar-refractivity contribution in [3.8, 4) is 0 Å². The number of hydrogen-bond donors (Lipinski definition) is 1. The first kappa shape index (κ1) is 13.9. The van der Waals surface area contributed by atoms with Crippen molar-refractivity contribution >= 4 is 31.6 Å². The second-order valence-electron chi connectivity index (χ2n) is 4.74. The third kappa shape index (κ3) is 3.48. The van der Waals surface area contributed by atoms with Crippen LogP contribution in [-0.4, -0.2) is 13.7 Å². The Balaban J connectivity index is 2.06. The highest BCUT2D eigenvalue weighted by molar-refractivity contribution is 9.08. The molecule has 0 spiro atoms. The summed E-state index contributed by atoms with van der Waals surface area (Å²) in [6.07, 6.45) is 4.78. The summed E-state index contributed by atoms with van der Waals surface area (Å²) in [4.78, 5) is 0. The van der Waals surface area contributed by atoms with Gasteiger partial charge in [-0.3, -0.25) is 4.72 Å². The van der Waals surface area contributed by atoms with Gasteiger partial charge in [-0.2, -0.15) is 0 Å². The summed E-state index contributed by atoms with van der Waals surface area (Å²) in [5.74, 6) is 0. The highest BCUT2D eigenvalue weighted by atomic mass is 79.9. The Kier molecular flexibility index (Phi) is 4.67.